The maximum atomic E-state index is 12.1. The molecule has 0 bridgehead atoms. The van der Waals surface area contributed by atoms with Crippen molar-refractivity contribution >= 4 is 12.0 Å². The van der Waals surface area contributed by atoms with E-state index >= 15 is 0 Å². The molecule has 2 atom stereocenters. The van der Waals surface area contributed by atoms with Crippen molar-refractivity contribution in [3.05, 3.63) is 0 Å². The second kappa shape index (κ2) is 7.33. The van der Waals surface area contributed by atoms with E-state index in [1.807, 2.05) is 13.8 Å². The zero-order valence-electron chi connectivity index (χ0n) is 11.9. The number of carboxylic acid groups (broad SMARTS) is 1. The molecule has 0 aromatic rings. The maximum absolute atomic E-state index is 12.1. The first-order valence-corrected chi connectivity index (χ1v) is 6.72. The summed E-state index contributed by atoms with van der Waals surface area (Å²) in [6.45, 7) is 4.10. The second-order valence-electron chi connectivity index (χ2n) is 5.49. The van der Waals surface area contributed by atoms with Crippen LogP contribution in [0.25, 0.3) is 0 Å². The van der Waals surface area contributed by atoms with Gasteiger partial charge in [0.1, 0.15) is 6.54 Å². The van der Waals surface area contributed by atoms with E-state index in [4.69, 9.17) is 9.84 Å². The van der Waals surface area contributed by atoms with E-state index in [0.717, 1.165) is 19.3 Å². The molecule has 2 N–H and O–H groups in total. The highest BCUT2D eigenvalue weighted by Gasteiger charge is 2.27. The van der Waals surface area contributed by atoms with Gasteiger partial charge in [-0.15, -0.1) is 0 Å². The minimum Gasteiger partial charge on any atom is -0.480 e. The van der Waals surface area contributed by atoms with Crippen LogP contribution in [0.4, 0.5) is 4.79 Å². The summed E-state index contributed by atoms with van der Waals surface area (Å²) in [5.41, 5.74) is 0. The van der Waals surface area contributed by atoms with Gasteiger partial charge in [-0.05, 0) is 25.2 Å². The maximum Gasteiger partial charge on any atom is 0.323 e. The van der Waals surface area contributed by atoms with Crippen LogP contribution in [0.1, 0.15) is 33.1 Å². The Bertz CT molecular complexity index is 320. The highest BCUT2D eigenvalue weighted by Crippen LogP contribution is 2.21. The Balaban J connectivity index is 2.49. The van der Waals surface area contributed by atoms with Gasteiger partial charge >= 0.3 is 12.0 Å². The molecule has 110 valence electrons. The van der Waals surface area contributed by atoms with Crippen molar-refractivity contribution in [1.29, 1.82) is 0 Å². The Morgan fingerprint density at radius 2 is 2.11 bits per heavy atom. The van der Waals surface area contributed by atoms with E-state index in [9.17, 15) is 9.59 Å². The fourth-order valence-corrected chi connectivity index (χ4v) is 2.37. The number of nitrogens with zero attached hydrogens (tertiary/aromatic N) is 1. The van der Waals surface area contributed by atoms with Crippen molar-refractivity contribution in [3.63, 3.8) is 0 Å². The molecule has 0 aromatic heterocycles. The van der Waals surface area contributed by atoms with Crippen molar-refractivity contribution in [1.82, 2.24) is 10.2 Å². The fourth-order valence-electron chi connectivity index (χ4n) is 2.37. The molecule has 0 radical (unpaired) electrons. The molecular formula is C13H24N2O4. The van der Waals surface area contributed by atoms with Crippen molar-refractivity contribution in [2.45, 2.75) is 45.3 Å². The van der Waals surface area contributed by atoms with Gasteiger partial charge in [-0.2, -0.15) is 0 Å². The monoisotopic (exact) mass is 272 g/mol. The molecule has 6 nitrogen and oxygen atoms in total. The molecule has 0 saturated heterocycles. The first kappa shape index (κ1) is 15.8. The van der Waals surface area contributed by atoms with Gasteiger partial charge in [0.05, 0.1) is 6.10 Å². The largest absolute Gasteiger partial charge is 0.480 e. The van der Waals surface area contributed by atoms with Crippen LogP contribution in [0.5, 0.6) is 0 Å². The minimum absolute atomic E-state index is 0.0842. The molecule has 0 aromatic carbocycles. The molecule has 1 aliphatic rings. The van der Waals surface area contributed by atoms with E-state index < -0.39 is 5.97 Å². The first-order valence-electron chi connectivity index (χ1n) is 6.72. The molecule has 2 amide bonds. The van der Waals surface area contributed by atoms with Crippen LogP contribution in [0.3, 0.4) is 0 Å². The van der Waals surface area contributed by atoms with Gasteiger partial charge in [-0.3, -0.25) is 4.79 Å². The highest BCUT2D eigenvalue weighted by molar-refractivity contribution is 5.80. The molecule has 19 heavy (non-hydrogen) atoms. The van der Waals surface area contributed by atoms with Crippen molar-refractivity contribution in [2.75, 3.05) is 20.2 Å². The Labute approximate surface area is 114 Å². The third kappa shape index (κ3) is 5.46. The van der Waals surface area contributed by atoms with Crippen LogP contribution in [0, 0.1) is 5.92 Å². The number of urea groups is 1. The van der Waals surface area contributed by atoms with Gasteiger partial charge in [-0.25, -0.2) is 4.79 Å². The first-order chi connectivity index (χ1) is 8.92. The standard InChI is InChI=1S/C13H24N2O4/c1-9(2)7-15(8-12(16)17)13(18)14-10-4-5-11(6-10)19-3/h9-11H,4-8H2,1-3H3,(H,14,18)(H,16,17). The topological polar surface area (TPSA) is 78.9 Å². The van der Waals surface area contributed by atoms with Crippen LogP contribution in [-0.4, -0.2) is 54.4 Å². The number of amides is 2. The number of carbonyl (C=O) groups is 2. The normalized spacial score (nSPS) is 22.5. The third-order valence-electron chi connectivity index (χ3n) is 3.24. The number of rotatable bonds is 6. The van der Waals surface area contributed by atoms with Crippen molar-refractivity contribution in [2.24, 2.45) is 5.92 Å². The average molecular weight is 272 g/mol. The zero-order chi connectivity index (χ0) is 14.4. The summed E-state index contributed by atoms with van der Waals surface area (Å²) in [4.78, 5) is 24.2. The number of carboxylic acids is 1. The number of nitrogens with one attached hydrogen (secondary N) is 1. The van der Waals surface area contributed by atoms with Gasteiger partial charge < -0.3 is 20.1 Å². The molecular weight excluding hydrogens is 248 g/mol. The smallest absolute Gasteiger partial charge is 0.323 e. The van der Waals surface area contributed by atoms with E-state index in [0.29, 0.717) is 6.54 Å². The van der Waals surface area contributed by atoms with E-state index in [2.05, 4.69) is 5.32 Å². The molecule has 0 heterocycles. The van der Waals surface area contributed by atoms with Gasteiger partial charge in [-0.1, -0.05) is 13.8 Å². The third-order valence-corrected chi connectivity index (χ3v) is 3.24. The van der Waals surface area contributed by atoms with Gasteiger partial charge in [0.25, 0.3) is 0 Å². The van der Waals surface area contributed by atoms with E-state index in [1.54, 1.807) is 7.11 Å². The summed E-state index contributed by atoms with van der Waals surface area (Å²) in [6, 6.07) is -0.209. The molecule has 1 fully saturated rings. The quantitative estimate of drug-likeness (QED) is 0.764. The Hall–Kier alpha value is -1.30. The van der Waals surface area contributed by atoms with Crippen LogP contribution < -0.4 is 5.32 Å². The molecule has 1 aliphatic carbocycles. The van der Waals surface area contributed by atoms with Gasteiger partial charge in [0.15, 0.2) is 0 Å². The Morgan fingerprint density at radius 1 is 1.42 bits per heavy atom. The number of hydrogen-bond acceptors (Lipinski definition) is 3. The Kier molecular flexibility index (Phi) is 6.08. The molecule has 6 heteroatoms. The lowest BCUT2D eigenvalue weighted by Crippen LogP contribution is -2.47. The van der Waals surface area contributed by atoms with Crippen LogP contribution in [0.15, 0.2) is 0 Å². The molecule has 1 saturated carbocycles. The summed E-state index contributed by atoms with van der Waals surface area (Å²) < 4.78 is 5.25. The second-order valence-corrected chi connectivity index (χ2v) is 5.49. The van der Waals surface area contributed by atoms with E-state index in [-0.39, 0.29) is 30.6 Å². The number of ether oxygens (including phenoxy) is 1. The Morgan fingerprint density at radius 3 is 2.58 bits per heavy atom. The lowest BCUT2D eigenvalue weighted by Gasteiger charge is -2.25. The van der Waals surface area contributed by atoms with Gasteiger partial charge in [0, 0.05) is 19.7 Å². The molecule has 0 spiro atoms. The minimum atomic E-state index is -0.989. The number of aliphatic carboxylic acids is 1. The van der Waals surface area contributed by atoms with Crippen molar-refractivity contribution < 1.29 is 19.4 Å². The molecule has 1 rings (SSSR count). The average Bonchev–Trinajstić information content (AvgIpc) is 2.74. The van der Waals surface area contributed by atoms with Crippen LogP contribution in [-0.2, 0) is 9.53 Å². The predicted molar refractivity (Wildman–Crippen MR) is 71.0 cm³/mol. The highest BCUT2D eigenvalue weighted by atomic mass is 16.5. The number of carbonyl (C=O) groups excluding carboxylic acids is 1. The molecule has 2 unspecified atom stereocenters. The zero-order valence-corrected chi connectivity index (χ0v) is 11.9. The predicted octanol–water partition coefficient (Wildman–Crippen LogP) is 1.31. The number of hydrogen-bond donors (Lipinski definition) is 2. The van der Waals surface area contributed by atoms with E-state index in [1.165, 1.54) is 4.90 Å². The van der Waals surface area contributed by atoms with Gasteiger partial charge in [0.2, 0.25) is 0 Å². The van der Waals surface area contributed by atoms with Crippen LogP contribution >= 0.6 is 0 Å². The van der Waals surface area contributed by atoms with Crippen LogP contribution in [0.2, 0.25) is 0 Å². The summed E-state index contributed by atoms with van der Waals surface area (Å²) in [5.74, 6) is -0.752. The lowest BCUT2D eigenvalue weighted by atomic mass is 10.2. The summed E-state index contributed by atoms with van der Waals surface area (Å²) in [6.07, 6.45) is 2.81. The summed E-state index contributed by atoms with van der Waals surface area (Å²) in [7, 11) is 1.67. The fraction of sp³-hybridized carbons (Fsp3) is 0.846. The molecule has 0 aliphatic heterocycles. The van der Waals surface area contributed by atoms with Crippen molar-refractivity contribution in [3.8, 4) is 0 Å². The lowest BCUT2D eigenvalue weighted by molar-refractivity contribution is -0.137. The SMILES string of the molecule is COC1CCC(NC(=O)N(CC(=O)O)CC(C)C)C1. The summed E-state index contributed by atoms with van der Waals surface area (Å²) >= 11 is 0. The number of methoxy groups -OCH3 is 1. The summed E-state index contributed by atoms with van der Waals surface area (Å²) in [5, 5.41) is 11.7.